The van der Waals surface area contributed by atoms with Gasteiger partial charge in [0.15, 0.2) is 6.61 Å². The van der Waals surface area contributed by atoms with Gasteiger partial charge in [-0.3, -0.25) is 9.59 Å². The normalized spacial score (nSPS) is 21.2. The minimum absolute atomic E-state index is 0.258. The SMILES string of the molecule is Cc1cc(C(=O)COC(=O)[C@]2(C)CC2(Cl)Cl)c(C)n1Cc1ccco1. The van der Waals surface area contributed by atoms with E-state index in [1.807, 2.05) is 30.5 Å². The van der Waals surface area contributed by atoms with Gasteiger partial charge in [0.05, 0.1) is 12.8 Å². The van der Waals surface area contributed by atoms with E-state index in [2.05, 4.69) is 0 Å². The molecule has 0 spiro atoms. The van der Waals surface area contributed by atoms with E-state index in [9.17, 15) is 9.59 Å². The number of ether oxygens (including phenoxy) is 1. The third kappa shape index (κ3) is 3.23. The summed E-state index contributed by atoms with van der Waals surface area (Å²) in [6, 6.07) is 5.49. The number of ketones is 1. The molecule has 0 bridgehead atoms. The summed E-state index contributed by atoms with van der Waals surface area (Å²) in [6.07, 6.45) is 1.94. The predicted molar refractivity (Wildman–Crippen MR) is 94.2 cm³/mol. The number of nitrogens with zero attached hydrogens (tertiary/aromatic N) is 1. The van der Waals surface area contributed by atoms with Crippen molar-refractivity contribution in [3.05, 3.63) is 47.2 Å². The highest BCUT2D eigenvalue weighted by molar-refractivity contribution is 6.53. The molecule has 134 valence electrons. The van der Waals surface area contributed by atoms with Gasteiger partial charge in [-0.05, 0) is 39.0 Å². The second-order valence-electron chi connectivity index (χ2n) is 6.66. The Hall–Kier alpha value is -1.72. The molecule has 0 unspecified atom stereocenters. The van der Waals surface area contributed by atoms with Crippen LogP contribution in [-0.2, 0) is 16.1 Å². The summed E-state index contributed by atoms with van der Waals surface area (Å²) in [4.78, 5) is 24.6. The van der Waals surface area contributed by atoms with Crippen molar-refractivity contribution >= 4 is 35.0 Å². The second-order valence-corrected chi connectivity index (χ2v) is 8.15. The fourth-order valence-electron chi connectivity index (χ4n) is 2.87. The molecule has 1 aliphatic carbocycles. The van der Waals surface area contributed by atoms with Crippen LogP contribution in [0.3, 0.4) is 0 Å². The number of carbonyl (C=O) groups is 2. The molecule has 0 N–H and O–H groups in total. The fraction of sp³-hybridized carbons (Fsp3) is 0.444. The van der Waals surface area contributed by atoms with E-state index in [0.29, 0.717) is 18.5 Å². The lowest BCUT2D eigenvalue weighted by atomic mass is 10.1. The van der Waals surface area contributed by atoms with Crippen molar-refractivity contribution < 1.29 is 18.7 Å². The first-order valence-electron chi connectivity index (χ1n) is 7.93. The highest BCUT2D eigenvalue weighted by atomic mass is 35.5. The van der Waals surface area contributed by atoms with Crippen LogP contribution in [0.2, 0.25) is 0 Å². The van der Waals surface area contributed by atoms with Gasteiger partial charge in [-0.2, -0.15) is 0 Å². The third-order valence-electron chi connectivity index (χ3n) is 4.81. The maximum absolute atomic E-state index is 12.5. The zero-order valence-corrected chi connectivity index (χ0v) is 15.8. The van der Waals surface area contributed by atoms with Crippen molar-refractivity contribution in [1.29, 1.82) is 0 Å². The molecule has 0 saturated heterocycles. The van der Waals surface area contributed by atoms with Crippen LogP contribution in [0.15, 0.2) is 28.9 Å². The van der Waals surface area contributed by atoms with E-state index in [4.69, 9.17) is 32.4 Å². The third-order valence-corrected chi connectivity index (χ3v) is 5.91. The molecule has 0 radical (unpaired) electrons. The zero-order chi connectivity index (χ0) is 18.4. The van der Waals surface area contributed by atoms with Crippen LogP contribution in [0.25, 0.3) is 0 Å². The van der Waals surface area contributed by atoms with Crippen molar-refractivity contribution in [3.63, 3.8) is 0 Å². The van der Waals surface area contributed by atoms with Gasteiger partial charge in [0.1, 0.15) is 15.5 Å². The number of hydrogen-bond donors (Lipinski definition) is 0. The largest absolute Gasteiger partial charge is 0.467 e. The Morgan fingerprint density at radius 3 is 2.60 bits per heavy atom. The molecule has 1 fully saturated rings. The first-order valence-corrected chi connectivity index (χ1v) is 8.69. The topological polar surface area (TPSA) is 61.4 Å². The van der Waals surface area contributed by atoms with Crippen LogP contribution in [-0.4, -0.2) is 27.3 Å². The first-order chi connectivity index (χ1) is 11.7. The predicted octanol–water partition coefficient (Wildman–Crippen LogP) is 4.06. The summed E-state index contributed by atoms with van der Waals surface area (Å²) in [5.41, 5.74) is 1.32. The minimum atomic E-state index is -1.11. The number of aryl methyl sites for hydroxylation is 1. The standard InChI is InChI=1S/C18H19Cl2NO4/c1-11-7-14(12(2)21(11)8-13-5-4-6-24-13)15(22)9-25-16(23)17(3)10-18(17,19)20/h4-7H,8-10H2,1-3H3/t17-/m0/s1. The fourth-order valence-corrected chi connectivity index (χ4v) is 3.56. The van der Waals surface area contributed by atoms with Crippen molar-refractivity contribution in [2.45, 2.75) is 38.1 Å². The van der Waals surface area contributed by atoms with Crippen molar-refractivity contribution in [1.82, 2.24) is 4.57 Å². The van der Waals surface area contributed by atoms with Crippen molar-refractivity contribution in [2.24, 2.45) is 5.41 Å². The number of aromatic nitrogens is 1. The highest BCUT2D eigenvalue weighted by Gasteiger charge is 2.69. The molecule has 2 aromatic rings. The Bertz CT molecular complexity index is 822. The summed E-state index contributed by atoms with van der Waals surface area (Å²) < 4.78 is 11.4. The van der Waals surface area contributed by atoms with Crippen molar-refractivity contribution in [3.8, 4) is 0 Å². The molecule has 7 heteroatoms. The van der Waals surface area contributed by atoms with Gasteiger partial charge in [0, 0.05) is 23.4 Å². The molecule has 3 rings (SSSR count). The molecule has 0 amide bonds. The zero-order valence-electron chi connectivity index (χ0n) is 14.3. The quantitative estimate of drug-likeness (QED) is 0.428. The Morgan fingerprint density at radius 2 is 2.04 bits per heavy atom. The molecule has 25 heavy (non-hydrogen) atoms. The van der Waals surface area contributed by atoms with E-state index in [1.165, 1.54) is 0 Å². The molecular weight excluding hydrogens is 365 g/mol. The van der Waals surface area contributed by atoms with E-state index in [0.717, 1.165) is 17.1 Å². The average Bonchev–Trinajstić information content (AvgIpc) is 2.93. The summed E-state index contributed by atoms with van der Waals surface area (Å²) in [5.74, 6) is -0.00386. The van der Waals surface area contributed by atoms with Gasteiger partial charge in [0.25, 0.3) is 0 Å². The van der Waals surface area contributed by atoms with Crippen LogP contribution < -0.4 is 0 Å². The van der Waals surface area contributed by atoms with Gasteiger partial charge < -0.3 is 13.7 Å². The minimum Gasteiger partial charge on any atom is -0.467 e. The number of rotatable bonds is 6. The number of alkyl halides is 2. The summed E-state index contributed by atoms with van der Waals surface area (Å²) in [6.45, 7) is 5.62. The number of halogens is 2. The number of esters is 1. The molecule has 1 atom stereocenters. The van der Waals surface area contributed by atoms with E-state index >= 15 is 0 Å². The van der Waals surface area contributed by atoms with Gasteiger partial charge in [-0.25, -0.2) is 0 Å². The summed E-state index contributed by atoms with van der Waals surface area (Å²) in [5, 5.41) is 0. The van der Waals surface area contributed by atoms with Crippen LogP contribution >= 0.6 is 23.2 Å². The summed E-state index contributed by atoms with van der Waals surface area (Å²) >= 11 is 11.9. The molecule has 2 heterocycles. The Kier molecular flexibility index (Phi) is 4.50. The molecule has 0 aromatic carbocycles. The number of furan rings is 1. The average molecular weight is 384 g/mol. The molecule has 0 aliphatic heterocycles. The van der Waals surface area contributed by atoms with Gasteiger partial charge >= 0.3 is 5.97 Å². The molecule has 5 nitrogen and oxygen atoms in total. The maximum atomic E-state index is 12.5. The van der Waals surface area contributed by atoms with E-state index in [1.54, 1.807) is 19.3 Å². The molecule has 1 saturated carbocycles. The van der Waals surface area contributed by atoms with Crippen molar-refractivity contribution in [2.75, 3.05) is 6.61 Å². The Balaban J connectivity index is 1.68. The Morgan fingerprint density at radius 1 is 1.36 bits per heavy atom. The van der Waals surface area contributed by atoms with Crippen LogP contribution in [0.1, 0.15) is 40.9 Å². The van der Waals surface area contributed by atoms with Crippen LogP contribution in [0.4, 0.5) is 0 Å². The smallest absolute Gasteiger partial charge is 0.315 e. The highest BCUT2D eigenvalue weighted by Crippen LogP contribution is 2.64. The molecule has 1 aliphatic rings. The lowest BCUT2D eigenvalue weighted by Crippen LogP contribution is -2.24. The van der Waals surface area contributed by atoms with Crippen LogP contribution in [0.5, 0.6) is 0 Å². The Labute approximate surface area is 155 Å². The van der Waals surface area contributed by atoms with E-state index < -0.39 is 15.7 Å². The second kappa shape index (κ2) is 6.22. The maximum Gasteiger partial charge on any atom is 0.315 e. The number of Topliss-reactive ketones (excluding diaryl/α,β-unsaturated/α-hetero) is 1. The van der Waals surface area contributed by atoms with Crippen LogP contribution in [0, 0.1) is 19.3 Å². The lowest BCUT2D eigenvalue weighted by molar-refractivity contribution is -0.148. The number of hydrogen-bond acceptors (Lipinski definition) is 4. The first kappa shape index (κ1) is 18.1. The number of carbonyl (C=O) groups excluding carboxylic acids is 2. The monoisotopic (exact) mass is 383 g/mol. The molecular formula is C18H19Cl2NO4. The lowest BCUT2D eigenvalue weighted by Gasteiger charge is -2.11. The van der Waals surface area contributed by atoms with Gasteiger partial charge in [-0.15, -0.1) is 23.2 Å². The molecule has 2 aromatic heterocycles. The van der Waals surface area contributed by atoms with E-state index in [-0.39, 0.29) is 12.4 Å². The van der Waals surface area contributed by atoms with Gasteiger partial charge in [-0.1, -0.05) is 0 Å². The van der Waals surface area contributed by atoms with Gasteiger partial charge in [0.2, 0.25) is 5.78 Å². The summed E-state index contributed by atoms with van der Waals surface area (Å²) in [7, 11) is 0.